The van der Waals surface area contributed by atoms with E-state index in [4.69, 9.17) is 0 Å². The molecule has 1 aliphatic rings. The number of aromatic nitrogens is 4. The lowest BCUT2D eigenvalue weighted by atomic mass is 9.88. The highest BCUT2D eigenvalue weighted by Gasteiger charge is 2.26. The van der Waals surface area contributed by atoms with E-state index in [0.717, 1.165) is 24.1 Å². The maximum Gasteiger partial charge on any atom is 0.258 e. The van der Waals surface area contributed by atoms with E-state index in [1.807, 2.05) is 13.0 Å². The average Bonchev–Trinajstić information content (AvgIpc) is 2.69. The lowest BCUT2D eigenvalue weighted by Crippen LogP contribution is -2.22. The molecule has 0 aromatic carbocycles. The minimum atomic E-state index is -0.316. The van der Waals surface area contributed by atoms with E-state index in [-0.39, 0.29) is 11.7 Å². The van der Waals surface area contributed by atoms with Crippen molar-refractivity contribution in [2.24, 2.45) is 0 Å². The summed E-state index contributed by atoms with van der Waals surface area (Å²) in [6.07, 6.45) is 8.59. The summed E-state index contributed by atoms with van der Waals surface area (Å²) < 4.78 is 0. The van der Waals surface area contributed by atoms with E-state index in [2.05, 4.69) is 25.3 Å². The highest BCUT2D eigenvalue weighted by atomic mass is 16.1. The zero-order valence-electron chi connectivity index (χ0n) is 15.7. The summed E-state index contributed by atoms with van der Waals surface area (Å²) in [6, 6.07) is 3.53. The van der Waals surface area contributed by atoms with Crippen LogP contribution in [-0.4, -0.2) is 31.6 Å². The van der Waals surface area contributed by atoms with Gasteiger partial charge in [-0.3, -0.25) is 24.5 Å². The fourth-order valence-electron chi connectivity index (χ4n) is 3.60. The third-order valence-corrected chi connectivity index (χ3v) is 4.89. The lowest BCUT2D eigenvalue weighted by Gasteiger charge is -2.20. The van der Waals surface area contributed by atoms with Gasteiger partial charge < -0.3 is 5.32 Å². The number of aryl methyl sites for hydroxylation is 2. The number of rotatable bonds is 3. The van der Waals surface area contributed by atoms with Gasteiger partial charge in [-0.15, -0.1) is 0 Å². The Morgan fingerprint density at radius 1 is 1.07 bits per heavy atom. The van der Waals surface area contributed by atoms with Gasteiger partial charge in [0, 0.05) is 36.1 Å². The van der Waals surface area contributed by atoms with Crippen LogP contribution in [0.2, 0.25) is 0 Å². The van der Waals surface area contributed by atoms with E-state index in [9.17, 15) is 9.59 Å². The van der Waals surface area contributed by atoms with Gasteiger partial charge in [0.1, 0.15) is 5.82 Å². The molecular weight excluding hydrogens is 354 g/mol. The molecule has 28 heavy (non-hydrogen) atoms. The van der Waals surface area contributed by atoms with E-state index in [1.165, 1.54) is 0 Å². The first-order chi connectivity index (χ1) is 13.5. The Morgan fingerprint density at radius 3 is 2.64 bits per heavy atom. The molecule has 0 saturated heterocycles. The van der Waals surface area contributed by atoms with Crippen LogP contribution in [0.1, 0.15) is 50.5 Å². The Hall–Kier alpha value is -3.48. The number of anilines is 1. The highest BCUT2D eigenvalue weighted by Crippen LogP contribution is 2.27. The number of nitrogens with one attached hydrogen (secondary N) is 1. The number of carbonyl (C=O) groups excluding carboxylic acids is 2. The molecule has 0 atom stereocenters. The molecule has 0 saturated carbocycles. The molecule has 0 fully saturated rings. The second kappa shape index (κ2) is 7.26. The average molecular weight is 373 g/mol. The summed E-state index contributed by atoms with van der Waals surface area (Å²) in [5, 5.41) is 2.80. The first-order valence-corrected chi connectivity index (χ1v) is 9.11. The predicted octanol–water partition coefficient (Wildman–Crippen LogP) is 3.32. The number of fused-ring (bicyclic) bond motifs is 1. The van der Waals surface area contributed by atoms with E-state index in [1.54, 1.807) is 37.8 Å². The van der Waals surface area contributed by atoms with Crippen LogP contribution in [0.3, 0.4) is 0 Å². The molecule has 3 aromatic heterocycles. The first kappa shape index (κ1) is 17.9. The van der Waals surface area contributed by atoms with Gasteiger partial charge in [0.25, 0.3) is 5.91 Å². The number of hydrogen-bond acceptors (Lipinski definition) is 6. The fraction of sp³-hybridized carbons (Fsp3) is 0.238. The van der Waals surface area contributed by atoms with Crippen molar-refractivity contribution in [3.05, 3.63) is 65.0 Å². The Morgan fingerprint density at radius 2 is 1.93 bits per heavy atom. The maximum absolute atomic E-state index is 12.9. The quantitative estimate of drug-likeness (QED) is 0.756. The van der Waals surface area contributed by atoms with Crippen molar-refractivity contribution in [2.45, 2.75) is 33.1 Å². The molecule has 4 rings (SSSR count). The molecule has 0 radical (unpaired) electrons. The number of Topliss-reactive ketones (excluding diaryl/α,β-unsaturated/α-hetero) is 1. The smallest absolute Gasteiger partial charge is 0.258 e. The number of amides is 1. The molecule has 7 heteroatoms. The van der Waals surface area contributed by atoms with E-state index >= 15 is 0 Å². The standard InChI is InChI=1S/C21H19N5O2/c1-12-19(13(2)25-15-4-3-5-17(27)20(12)15)21(28)26-18-7-6-14(10-24-18)16-11-22-8-9-23-16/h6-11H,3-5H2,1-2H3,(H,24,26,28). The van der Waals surface area contributed by atoms with Crippen LogP contribution in [0.5, 0.6) is 0 Å². The zero-order valence-corrected chi connectivity index (χ0v) is 15.7. The van der Waals surface area contributed by atoms with Gasteiger partial charge in [-0.05, 0) is 44.4 Å². The molecule has 0 spiro atoms. The largest absolute Gasteiger partial charge is 0.306 e. The van der Waals surface area contributed by atoms with Crippen LogP contribution in [0.15, 0.2) is 36.9 Å². The number of hydrogen-bond donors (Lipinski definition) is 1. The molecule has 1 amide bonds. The second-order valence-electron chi connectivity index (χ2n) is 6.77. The topological polar surface area (TPSA) is 97.7 Å². The summed E-state index contributed by atoms with van der Waals surface area (Å²) in [5.74, 6) is 0.163. The summed E-state index contributed by atoms with van der Waals surface area (Å²) in [5.41, 5.74) is 4.67. The molecular formula is C21H19N5O2. The number of pyridine rings is 2. The maximum atomic E-state index is 12.9. The van der Waals surface area contributed by atoms with Crippen molar-refractivity contribution >= 4 is 17.5 Å². The van der Waals surface area contributed by atoms with Crippen molar-refractivity contribution in [1.82, 2.24) is 19.9 Å². The third kappa shape index (κ3) is 3.26. The summed E-state index contributed by atoms with van der Waals surface area (Å²) in [6.45, 7) is 3.61. The van der Waals surface area contributed by atoms with Crippen LogP contribution in [-0.2, 0) is 6.42 Å². The van der Waals surface area contributed by atoms with Crippen molar-refractivity contribution in [3.8, 4) is 11.3 Å². The zero-order chi connectivity index (χ0) is 19.7. The van der Waals surface area contributed by atoms with Crippen LogP contribution in [0.25, 0.3) is 11.3 Å². The molecule has 1 N–H and O–H groups in total. The monoisotopic (exact) mass is 373 g/mol. The Bertz CT molecular complexity index is 1060. The second-order valence-corrected chi connectivity index (χ2v) is 6.77. The Kier molecular flexibility index (Phi) is 4.65. The molecule has 3 heterocycles. The molecule has 1 aliphatic carbocycles. The highest BCUT2D eigenvalue weighted by molar-refractivity contribution is 6.09. The van der Waals surface area contributed by atoms with Crippen LogP contribution >= 0.6 is 0 Å². The summed E-state index contributed by atoms with van der Waals surface area (Å²) >= 11 is 0. The van der Waals surface area contributed by atoms with Gasteiger partial charge in [0.05, 0.1) is 28.8 Å². The molecule has 3 aromatic rings. The van der Waals surface area contributed by atoms with Crippen molar-refractivity contribution in [1.29, 1.82) is 0 Å². The lowest BCUT2D eigenvalue weighted by molar-refractivity contribution is 0.0971. The van der Waals surface area contributed by atoms with Crippen LogP contribution < -0.4 is 5.32 Å². The molecule has 0 unspecified atom stereocenters. The van der Waals surface area contributed by atoms with E-state index in [0.29, 0.717) is 40.3 Å². The van der Waals surface area contributed by atoms with Crippen molar-refractivity contribution < 1.29 is 9.59 Å². The van der Waals surface area contributed by atoms with E-state index < -0.39 is 0 Å². The normalized spacial score (nSPS) is 13.1. The fourth-order valence-corrected chi connectivity index (χ4v) is 3.60. The minimum absolute atomic E-state index is 0.0618. The minimum Gasteiger partial charge on any atom is -0.306 e. The Labute approximate surface area is 162 Å². The van der Waals surface area contributed by atoms with Crippen molar-refractivity contribution in [2.75, 3.05) is 5.32 Å². The first-order valence-electron chi connectivity index (χ1n) is 9.11. The third-order valence-electron chi connectivity index (χ3n) is 4.89. The van der Waals surface area contributed by atoms with Crippen molar-refractivity contribution in [3.63, 3.8) is 0 Å². The van der Waals surface area contributed by atoms with Gasteiger partial charge in [-0.1, -0.05) is 0 Å². The number of ketones is 1. The molecule has 0 bridgehead atoms. The predicted molar refractivity (Wildman–Crippen MR) is 104 cm³/mol. The summed E-state index contributed by atoms with van der Waals surface area (Å²) in [7, 11) is 0. The number of carbonyl (C=O) groups is 2. The molecule has 7 nitrogen and oxygen atoms in total. The SMILES string of the molecule is Cc1nc2c(c(C)c1C(=O)Nc1ccc(-c3cnccn3)cn1)C(=O)CCC2. The van der Waals surface area contributed by atoms with Gasteiger partial charge >= 0.3 is 0 Å². The van der Waals surface area contributed by atoms with Gasteiger partial charge in [-0.2, -0.15) is 0 Å². The molecule has 140 valence electrons. The van der Waals surface area contributed by atoms with Gasteiger partial charge in [0.15, 0.2) is 5.78 Å². The Balaban J connectivity index is 1.61. The van der Waals surface area contributed by atoms with Gasteiger partial charge in [-0.25, -0.2) is 4.98 Å². The van der Waals surface area contributed by atoms with Crippen LogP contribution in [0.4, 0.5) is 5.82 Å². The number of nitrogens with zero attached hydrogens (tertiary/aromatic N) is 4. The summed E-state index contributed by atoms with van der Waals surface area (Å²) in [4.78, 5) is 42.3. The van der Waals surface area contributed by atoms with Crippen LogP contribution in [0, 0.1) is 13.8 Å². The van der Waals surface area contributed by atoms with Gasteiger partial charge in [0.2, 0.25) is 0 Å². The molecule has 0 aliphatic heterocycles.